The molecule has 2 fully saturated rings. The number of benzene rings is 1. The van der Waals surface area contributed by atoms with Crippen molar-refractivity contribution in [1.29, 1.82) is 0 Å². The maximum Gasteiger partial charge on any atom is 0.224 e. The second-order valence-corrected chi connectivity index (χ2v) is 8.56. The molecule has 3 aromatic rings. The molecule has 10 heteroatoms. The normalized spacial score (nSPS) is 20.7. The third-order valence-corrected chi connectivity index (χ3v) is 6.41. The number of aromatic nitrogens is 4. The van der Waals surface area contributed by atoms with Gasteiger partial charge in [-0.15, -0.1) is 0 Å². The Labute approximate surface area is 199 Å². The number of anilines is 3. The van der Waals surface area contributed by atoms with Crippen LogP contribution < -0.4 is 25.0 Å². The molecular weight excluding hydrogens is 434 g/mol. The van der Waals surface area contributed by atoms with Crippen LogP contribution in [0.2, 0.25) is 0 Å². The third-order valence-electron chi connectivity index (χ3n) is 6.41. The van der Waals surface area contributed by atoms with E-state index in [4.69, 9.17) is 14.2 Å². The Morgan fingerprint density at radius 1 is 1.00 bits per heavy atom. The van der Waals surface area contributed by atoms with Crippen LogP contribution >= 0.6 is 0 Å². The molecule has 5 rings (SSSR count). The monoisotopic (exact) mass is 465 g/mol. The molecule has 0 spiro atoms. The molecular formula is C24H31N7O3. The smallest absolute Gasteiger partial charge is 0.224 e. The molecule has 34 heavy (non-hydrogen) atoms. The second kappa shape index (κ2) is 10.3. The minimum atomic E-state index is 0.128. The fraction of sp³-hybridized carbons (Fsp3) is 0.500. The SMILES string of the molecule is CNc1ncc(OC)c(N[C@H]2CC[C@@H](Oc3cc(N4CCOCC4)cc4nccnc34)CC2)n1. The minimum absolute atomic E-state index is 0.128. The Morgan fingerprint density at radius 2 is 1.79 bits per heavy atom. The molecule has 1 aliphatic heterocycles. The Bertz CT molecular complexity index is 1110. The number of ether oxygens (including phenoxy) is 3. The molecule has 1 aliphatic carbocycles. The van der Waals surface area contributed by atoms with Crippen LogP contribution in [-0.2, 0) is 4.74 Å². The van der Waals surface area contributed by atoms with E-state index in [0.717, 1.165) is 74.5 Å². The summed E-state index contributed by atoms with van der Waals surface area (Å²) in [6, 6.07) is 4.50. The predicted molar refractivity (Wildman–Crippen MR) is 131 cm³/mol. The summed E-state index contributed by atoms with van der Waals surface area (Å²) in [5.74, 6) is 2.72. The average molecular weight is 466 g/mol. The van der Waals surface area contributed by atoms with E-state index >= 15 is 0 Å². The van der Waals surface area contributed by atoms with E-state index in [1.165, 1.54) is 0 Å². The molecule has 2 N–H and O–H groups in total. The van der Waals surface area contributed by atoms with Gasteiger partial charge in [0.05, 0.1) is 38.1 Å². The van der Waals surface area contributed by atoms with Gasteiger partial charge in [-0.25, -0.2) is 9.97 Å². The Morgan fingerprint density at radius 3 is 2.56 bits per heavy atom. The van der Waals surface area contributed by atoms with Crippen LogP contribution in [0.3, 0.4) is 0 Å². The topological polar surface area (TPSA) is 107 Å². The van der Waals surface area contributed by atoms with Gasteiger partial charge in [0.2, 0.25) is 5.95 Å². The molecule has 0 atom stereocenters. The van der Waals surface area contributed by atoms with Crippen LogP contribution in [0.4, 0.5) is 17.5 Å². The lowest BCUT2D eigenvalue weighted by Gasteiger charge is -2.31. The molecule has 0 radical (unpaired) electrons. The zero-order chi connectivity index (χ0) is 23.3. The lowest BCUT2D eigenvalue weighted by atomic mass is 9.93. The van der Waals surface area contributed by atoms with Gasteiger partial charge >= 0.3 is 0 Å². The molecule has 180 valence electrons. The van der Waals surface area contributed by atoms with Gasteiger partial charge in [-0.05, 0) is 31.7 Å². The minimum Gasteiger partial charge on any atom is -0.491 e. The highest BCUT2D eigenvalue weighted by Crippen LogP contribution is 2.34. The van der Waals surface area contributed by atoms with Crippen molar-refractivity contribution in [3.05, 3.63) is 30.7 Å². The predicted octanol–water partition coefficient (Wildman–Crippen LogP) is 3.11. The largest absolute Gasteiger partial charge is 0.491 e. The van der Waals surface area contributed by atoms with E-state index in [-0.39, 0.29) is 6.10 Å². The van der Waals surface area contributed by atoms with Crippen molar-refractivity contribution in [3.63, 3.8) is 0 Å². The van der Waals surface area contributed by atoms with Crippen LogP contribution in [0.15, 0.2) is 30.7 Å². The lowest BCUT2D eigenvalue weighted by Crippen LogP contribution is -2.36. The highest BCUT2D eigenvalue weighted by molar-refractivity contribution is 5.85. The first-order valence-corrected chi connectivity index (χ1v) is 11.8. The maximum atomic E-state index is 6.53. The van der Waals surface area contributed by atoms with Gasteiger partial charge < -0.3 is 29.7 Å². The summed E-state index contributed by atoms with van der Waals surface area (Å²) in [6.45, 7) is 3.20. The standard InChI is InChI=1S/C24H31N7O3/c1-25-24-28-15-21(32-2)23(30-24)29-16-3-5-18(6-4-16)34-20-14-17(31-9-11-33-12-10-31)13-19-22(20)27-8-7-26-19/h7-8,13-16,18H,3-6,9-12H2,1-2H3,(H2,25,28,29,30)/t16-,18+. The highest BCUT2D eigenvalue weighted by atomic mass is 16.5. The van der Waals surface area contributed by atoms with E-state index in [1.54, 1.807) is 32.7 Å². The van der Waals surface area contributed by atoms with E-state index in [0.29, 0.717) is 23.6 Å². The fourth-order valence-corrected chi connectivity index (χ4v) is 4.56. The van der Waals surface area contributed by atoms with Crippen molar-refractivity contribution in [3.8, 4) is 11.5 Å². The van der Waals surface area contributed by atoms with Gasteiger partial charge in [-0.3, -0.25) is 4.98 Å². The summed E-state index contributed by atoms with van der Waals surface area (Å²) in [7, 11) is 3.43. The molecule has 2 aromatic heterocycles. The van der Waals surface area contributed by atoms with Crippen LogP contribution in [-0.4, -0.2) is 72.5 Å². The summed E-state index contributed by atoms with van der Waals surface area (Å²) in [4.78, 5) is 20.2. The average Bonchev–Trinajstić information content (AvgIpc) is 2.90. The van der Waals surface area contributed by atoms with Gasteiger partial charge in [0.1, 0.15) is 11.3 Å². The van der Waals surface area contributed by atoms with E-state index < -0.39 is 0 Å². The van der Waals surface area contributed by atoms with Crippen molar-refractivity contribution in [2.75, 3.05) is 56.0 Å². The van der Waals surface area contributed by atoms with Crippen LogP contribution in [0.1, 0.15) is 25.7 Å². The van der Waals surface area contributed by atoms with Crippen molar-refractivity contribution in [2.24, 2.45) is 0 Å². The summed E-state index contributed by atoms with van der Waals surface area (Å²) in [5, 5.41) is 6.50. The Balaban J connectivity index is 1.27. The number of nitrogens with one attached hydrogen (secondary N) is 2. The van der Waals surface area contributed by atoms with Crippen molar-refractivity contribution >= 4 is 28.5 Å². The van der Waals surface area contributed by atoms with Crippen LogP contribution in [0.25, 0.3) is 11.0 Å². The zero-order valence-corrected chi connectivity index (χ0v) is 19.7. The molecule has 0 amide bonds. The number of hydrogen-bond acceptors (Lipinski definition) is 10. The summed E-state index contributed by atoms with van der Waals surface area (Å²) in [6.07, 6.45) is 9.08. The number of methoxy groups -OCH3 is 1. The molecule has 0 unspecified atom stereocenters. The summed E-state index contributed by atoms with van der Waals surface area (Å²) in [5.41, 5.74) is 2.77. The van der Waals surface area contributed by atoms with Crippen molar-refractivity contribution in [2.45, 2.75) is 37.8 Å². The first kappa shape index (κ1) is 22.4. The number of rotatable bonds is 7. The summed E-state index contributed by atoms with van der Waals surface area (Å²) >= 11 is 0. The van der Waals surface area contributed by atoms with Crippen molar-refractivity contribution < 1.29 is 14.2 Å². The molecule has 1 saturated carbocycles. The Hall–Kier alpha value is -3.40. The highest BCUT2D eigenvalue weighted by Gasteiger charge is 2.25. The molecule has 0 bridgehead atoms. The third kappa shape index (κ3) is 4.91. The molecule has 2 aliphatic rings. The van der Waals surface area contributed by atoms with E-state index in [1.807, 2.05) is 0 Å². The first-order valence-electron chi connectivity index (χ1n) is 11.8. The van der Waals surface area contributed by atoms with Crippen LogP contribution in [0.5, 0.6) is 11.5 Å². The molecule has 10 nitrogen and oxygen atoms in total. The van der Waals surface area contributed by atoms with Gasteiger partial charge in [-0.2, -0.15) is 4.98 Å². The van der Waals surface area contributed by atoms with Gasteiger partial charge in [0.15, 0.2) is 11.6 Å². The second-order valence-electron chi connectivity index (χ2n) is 8.56. The number of fused-ring (bicyclic) bond motifs is 1. The molecule has 1 saturated heterocycles. The zero-order valence-electron chi connectivity index (χ0n) is 19.7. The summed E-state index contributed by atoms with van der Waals surface area (Å²) < 4.78 is 17.5. The number of morpholine rings is 1. The quantitative estimate of drug-likeness (QED) is 0.540. The van der Waals surface area contributed by atoms with Gasteiger partial charge in [0, 0.05) is 50.3 Å². The number of nitrogens with zero attached hydrogens (tertiary/aromatic N) is 5. The van der Waals surface area contributed by atoms with E-state index in [9.17, 15) is 0 Å². The van der Waals surface area contributed by atoms with Gasteiger partial charge in [-0.1, -0.05) is 0 Å². The first-order chi connectivity index (χ1) is 16.7. The van der Waals surface area contributed by atoms with Gasteiger partial charge in [0.25, 0.3) is 0 Å². The number of hydrogen-bond donors (Lipinski definition) is 2. The fourth-order valence-electron chi connectivity index (χ4n) is 4.56. The Kier molecular flexibility index (Phi) is 6.75. The maximum absolute atomic E-state index is 6.53. The van der Waals surface area contributed by atoms with Crippen LogP contribution in [0, 0.1) is 0 Å². The lowest BCUT2D eigenvalue weighted by molar-refractivity contribution is 0.122. The van der Waals surface area contributed by atoms with Crippen molar-refractivity contribution in [1.82, 2.24) is 19.9 Å². The molecule has 1 aromatic carbocycles. The molecule has 3 heterocycles. The van der Waals surface area contributed by atoms with E-state index in [2.05, 4.69) is 47.6 Å².